The van der Waals surface area contributed by atoms with Crippen molar-refractivity contribution in [3.05, 3.63) is 63.4 Å². The minimum absolute atomic E-state index is 0.0794. The van der Waals surface area contributed by atoms with E-state index in [0.717, 1.165) is 0 Å². The van der Waals surface area contributed by atoms with Crippen LogP contribution in [0, 0.1) is 6.92 Å². The Morgan fingerprint density at radius 1 is 1.20 bits per heavy atom. The minimum Gasteiger partial charge on any atom is -0.461 e. The van der Waals surface area contributed by atoms with Crippen molar-refractivity contribution in [3.8, 4) is 5.69 Å². The maximum absolute atomic E-state index is 13.8. The van der Waals surface area contributed by atoms with Gasteiger partial charge in [-0.3, -0.25) is 8.97 Å². The summed E-state index contributed by atoms with van der Waals surface area (Å²) in [4.78, 5) is 16.4. The molecule has 2 heterocycles. The van der Waals surface area contributed by atoms with Gasteiger partial charge in [-0.2, -0.15) is 13.2 Å². The predicted octanol–water partition coefficient (Wildman–Crippen LogP) is 6.09. The summed E-state index contributed by atoms with van der Waals surface area (Å²) in [5.41, 5.74) is -0.0493. The van der Waals surface area contributed by atoms with Crippen molar-refractivity contribution in [2.75, 3.05) is 6.61 Å². The quantitative estimate of drug-likeness (QED) is 0.351. The standard InChI is InChI=1S/C20H14Cl2F3N3O2/c1-3-30-18(29)16-17(20(23,24)25)26-19-27(13-8-7-11(21)9-12(13)22)14-6-4-5-10(2)15(14)28(16)19/h4-9H,3H2,1-2H3. The van der Waals surface area contributed by atoms with E-state index in [1.807, 2.05) is 0 Å². The van der Waals surface area contributed by atoms with Crippen molar-refractivity contribution in [1.29, 1.82) is 0 Å². The van der Waals surface area contributed by atoms with E-state index in [9.17, 15) is 18.0 Å². The molecule has 0 atom stereocenters. The highest BCUT2D eigenvalue weighted by Gasteiger charge is 2.42. The highest BCUT2D eigenvalue weighted by molar-refractivity contribution is 6.35. The van der Waals surface area contributed by atoms with Gasteiger partial charge in [0.15, 0.2) is 11.4 Å². The van der Waals surface area contributed by atoms with Crippen molar-refractivity contribution in [2.45, 2.75) is 20.0 Å². The molecule has 0 N–H and O–H groups in total. The topological polar surface area (TPSA) is 48.5 Å². The number of hydrogen-bond donors (Lipinski definition) is 0. The van der Waals surface area contributed by atoms with Crippen LogP contribution in [0.2, 0.25) is 10.0 Å². The number of benzene rings is 2. The van der Waals surface area contributed by atoms with E-state index in [4.69, 9.17) is 27.9 Å². The van der Waals surface area contributed by atoms with Gasteiger partial charge in [-0.1, -0.05) is 35.3 Å². The van der Waals surface area contributed by atoms with Crippen LogP contribution < -0.4 is 0 Å². The number of aromatic nitrogens is 3. The number of halogens is 5. The Labute approximate surface area is 178 Å². The molecule has 0 aliphatic carbocycles. The SMILES string of the molecule is CCOC(=O)c1c(C(F)(F)F)nc2n(-c3ccc(Cl)cc3Cl)c3cccc(C)c3n12. The fraction of sp³-hybridized carbons (Fsp3) is 0.200. The van der Waals surface area contributed by atoms with E-state index in [1.54, 1.807) is 37.3 Å². The number of alkyl halides is 3. The number of para-hydroxylation sites is 1. The van der Waals surface area contributed by atoms with Gasteiger partial charge in [0.25, 0.3) is 0 Å². The monoisotopic (exact) mass is 455 g/mol. The van der Waals surface area contributed by atoms with Gasteiger partial charge in [-0.05, 0) is 43.7 Å². The molecule has 2 aromatic carbocycles. The molecule has 0 spiro atoms. The maximum atomic E-state index is 13.8. The fourth-order valence-electron chi connectivity index (χ4n) is 3.48. The van der Waals surface area contributed by atoms with Crippen LogP contribution in [0.1, 0.15) is 28.7 Å². The number of fused-ring (bicyclic) bond motifs is 3. The summed E-state index contributed by atoms with van der Waals surface area (Å²) in [5, 5.41) is 0.594. The summed E-state index contributed by atoms with van der Waals surface area (Å²) >= 11 is 12.3. The summed E-state index contributed by atoms with van der Waals surface area (Å²) in [6.07, 6.45) is -4.86. The largest absolute Gasteiger partial charge is 0.461 e. The molecule has 10 heteroatoms. The molecule has 0 bridgehead atoms. The smallest absolute Gasteiger partial charge is 0.435 e. The predicted molar refractivity (Wildman–Crippen MR) is 108 cm³/mol. The highest BCUT2D eigenvalue weighted by atomic mass is 35.5. The van der Waals surface area contributed by atoms with Gasteiger partial charge in [0.05, 0.1) is 28.4 Å². The Kier molecular flexibility index (Phi) is 4.94. The van der Waals surface area contributed by atoms with E-state index in [1.165, 1.54) is 22.0 Å². The number of carbonyl (C=O) groups is 1. The summed E-state index contributed by atoms with van der Waals surface area (Å²) in [6, 6.07) is 9.84. The molecule has 0 aliphatic rings. The van der Waals surface area contributed by atoms with E-state index in [2.05, 4.69) is 4.98 Å². The van der Waals surface area contributed by atoms with E-state index >= 15 is 0 Å². The van der Waals surface area contributed by atoms with E-state index in [-0.39, 0.29) is 17.4 Å². The lowest BCUT2D eigenvalue weighted by molar-refractivity contribution is -0.141. The fourth-order valence-corrected chi connectivity index (χ4v) is 3.97. The van der Waals surface area contributed by atoms with Crippen molar-refractivity contribution in [1.82, 2.24) is 14.0 Å². The van der Waals surface area contributed by atoms with Crippen molar-refractivity contribution < 1.29 is 22.7 Å². The first-order valence-electron chi connectivity index (χ1n) is 8.87. The molecular formula is C20H14Cl2F3N3O2. The average Bonchev–Trinajstić information content (AvgIpc) is 3.18. The molecule has 2 aromatic heterocycles. The lowest BCUT2D eigenvalue weighted by Crippen LogP contribution is -2.16. The summed E-state index contributed by atoms with van der Waals surface area (Å²) in [6.45, 7) is 3.17. The molecule has 4 aromatic rings. The number of hydrogen-bond acceptors (Lipinski definition) is 3. The van der Waals surface area contributed by atoms with Gasteiger partial charge >= 0.3 is 12.1 Å². The second-order valence-corrected chi connectivity index (χ2v) is 7.38. The zero-order valence-corrected chi connectivity index (χ0v) is 17.2. The molecule has 0 unspecified atom stereocenters. The van der Waals surface area contributed by atoms with Crippen molar-refractivity contribution >= 4 is 46.0 Å². The van der Waals surface area contributed by atoms with Crippen LogP contribution in [-0.4, -0.2) is 26.5 Å². The first-order chi connectivity index (χ1) is 14.1. The van der Waals surface area contributed by atoms with Crippen LogP contribution in [0.3, 0.4) is 0 Å². The molecular weight excluding hydrogens is 442 g/mol. The molecule has 0 saturated heterocycles. The highest BCUT2D eigenvalue weighted by Crippen LogP contribution is 2.38. The third-order valence-electron chi connectivity index (χ3n) is 4.63. The number of esters is 1. The Morgan fingerprint density at radius 2 is 1.93 bits per heavy atom. The summed E-state index contributed by atoms with van der Waals surface area (Å²) in [5.74, 6) is -1.22. The number of carbonyl (C=O) groups excluding carboxylic acids is 1. The van der Waals surface area contributed by atoms with Crippen molar-refractivity contribution in [2.24, 2.45) is 0 Å². The van der Waals surface area contributed by atoms with Gasteiger partial charge in [0, 0.05) is 5.02 Å². The normalized spacial score (nSPS) is 12.1. The van der Waals surface area contributed by atoms with E-state index in [0.29, 0.717) is 27.3 Å². The molecule has 0 amide bonds. The number of imidazole rings is 2. The summed E-state index contributed by atoms with van der Waals surface area (Å²) < 4.78 is 49.0. The average molecular weight is 456 g/mol. The van der Waals surface area contributed by atoms with Gasteiger partial charge in [-0.15, -0.1) is 0 Å². The van der Waals surface area contributed by atoms with Gasteiger partial charge in [0.2, 0.25) is 5.78 Å². The molecule has 4 rings (SSSR count). The third-order valence-corrected chi connectivity index (χ3v) is 5.17. The van der Waals surface area contributed by atoms with Crippen LogP contribution in [0.4, 0.5) is 13.2 Å². The maximum Gasteiger partial charge on any atom is 0.435 e. The zero-order chi connectivity index (χ0) is 21.8. The Morgan fingerprint density at radius 3 is 2.57 bits per heavy atom. The van der Waals surface area contributed by atoms with Crippen molar-refractivity contribution in [3.63, 3.8) is 0 Å². The van der Waals surface area contributed by atoms with Crippen LogP contribution in [-0.2, 0) is 10.9 Å². The molecule has 5 nitrogen and oxygen atoms in total. The number of nitrogens with zero attached hydrogens (tertiary/aromatic N) is 3. The van der Waals surface area contributed by atoms with Crippen LogP contribution >= 0.6 is 23.2 Å². The molecule has 156 valence electrons. The second kappa shape index (κ2) is 7.21. The van der Waals surface area contributed by atoms with Gasteiger partial charge in [-0.25, -0.2) is 9.78 Å². The Balaban J connectivity index is 2.23. The molecule has 30 heavy (non-hydrogen) atoms. The lowest BCUT2D eigenvalue weighted by Gasteiger charge is -2.09. The Bertz CT molecular complexity index is 1310. The van der Waals surface area contributed by atoms with Crippen LogP contribution in [0.25, 0.3) is 22.5 Å². The lowest BCUT2D eigenvalue weighted by atomic mass is 10.2. The Hall–Kier alpha value is -2.71. The minimum atomic E-state index is -4.86. The molecule has 0 radical (unpaired) electrons. The number of rotatable bonds is 3. The summed E-state index contributed by atoms with van der Waals surface area (Å²) in [7, 11) is 0. The van der Waals surface area contributed by atoms with E-state index < -0.39 is 23.5 Å². The first-order valence-corrected chi connectivity index (χ1v) is 9.63. The van der Waals surface area contributed by atoms with Gasteiger partial charge in [0.1, 0.15) is 0 Å². The van der Waals surface area contributed by atoms with Crippen LogP contribution in [0.5, 0.6) is 0 Å². The molecule has 0 saturated carbocycles. The number of aryl methyl sites for hydroxylation is 1. The van der Waals surface area contributed by atoms with Gasteiger partial charge < -0.3 is 4.74 Å². The first kappa shape index (κ1) is 20.6. The number of ether oxygens (including phenoxy) is 1. The molecule has 0 fully saturated rings. The zero-order valence-electron chi connectivity index (χ0n) is 15.7. The van der Waals surface area contributed by atoms with Crippen LogP contribution in [0.15, 0.2) is 36.4 Å². The molecule has 0 aliphatic heterocycles. The third kappa shape index (κ3) is 3.11. The second-order valence-electron chi connectivity index (χ2n) is 6.54.